The molecule has 0 unspecified atom stereocenters. The van der Waals surface area contributed by atoms with Gasteiger partial charge >= 0.3 is 5.97 Å². The number of hydrogen-bond acceptors (Lipinski definition) is 3. The van der Waals surface area contributed by atoms with E-state index in [1.807, 2.05) is 11.0 Å². The number of aliphatic carboxylic acids is 1. The molecular weight excluding hydrogens is 246 g/mol. The standard InChI is InChI=1S/C14H19NO4/c1-8-4-6-15(7-5-8)13(16)11-9-2-3-10(19-9)12(11)14(17)18/h2-3,8-12H,4-7H2,1H3,(H,17,18)/t9-,10+,11+,12-/m0/s1. The summed E-state index contributed by atoms with van der Waals surface area (Å²) in [6.45, 7) is 3.67. The van der Waals surface area contributed by atoms with Crippen molar-refractivity contribution in [3.05, 3.63) is 12.2 Å². The second-order valence-corrected chi connectivity index (χ2v) is 5.85. The third kappa shape index (κ3) is 2.06. The fraction of sp³-hybridized carbons (Fsp3) is 0.714. The molecule has 4 atom stereocenters. The van der Waals surface area contributed by atoms with Crippen molar-refractivity contribution in [2.45, 2.75) is 32.0 Å². The van der Waals surface area contributed by atoms with Gasteiger partial charge in [-0.25, -0.2) is 0 Å². The van der Waals surface area contributed by atoms with Crippen LogP contribution in [0.4, 0.5) is 0 Å². The first-order chi connectivity index (χ1) is 9.08. The first-order valence-corrected chi connectivity index (χ1v) is 6.93. The molecule has 0 radical (unpaired) electrons. The van der Waals surface area contributed by atoms with E-state index in [4.69, 9.17) is 4.74 Å². The van der Waals surface area contributed by atoms with Gasteiger partial charge < -0.3 is 14.7 Å². The molecule has 2 saturated heterocycles. The van der Waals surface area contributed by atoms with Crippen molar-refractivity contribution in [1.82, 2.24) is 4.90 Å². The molecule has 5 heteroatoms. The second-order valence-electron chi connectivity index (χ2n) is 5.85. The number of rotatable bonds is 2. The van der Waals surface area contributed by atoms with Gasteiger partial charge in [0.15, 0.2) is 0 Å². The predicted molar refractivity (Wildman–Crippen MR) is 67.4 cm³/mol. The maximum absolute atomic E-state index is 12.6. The SMILES string of the molecule is CC1CCN(C(=O)[C@H]2[C@@H](C(=O)O)[C@H]3C=C[C@@H]2O3)CC1. The zero-order chi connectivity index (χ0) is 13.6. The summed E-state index contributed by atoms with van der Waals surface area (Å²) in [5.74, 6) is -1.59. The summed E-state index contributed by atoms with van der Waals surface area (Å²) in [6.07, 6.45) is 4.82. The van der Waals surface area contributed by atoms with Crippen LogP contribution in [-0.2, 0) is 14.3 Å². The monoisotopic (exact) mass is 265 g/mol. The van der Waals surface area contributed by atoms with E-state index in [0.717, 1.165) is 25.9 Å². The number of hydrogen-bond donors (Lipinski definition) is 1. The summed E-state index contributed by atoms with van der Waals surface area (Å²) in [5, 5.41) is 9.31. The van der Waals surface area contributed by atoms with Crippen molar-refractivity contribution in [1.29, 1.82) is 0 Å². The van der Waals surface area contributed by atoms with Crippen molar-refractivity contribution in [3.63, 3.8) is 0 Å². The van der Waals surface area contributed by atoms with Crippen molar-refractivity contribution in [2.75, 3.05) is 13.1 Å². The molecule has 0 aliphatic carbocycles. The van der Waals surface area contributed by atoms with Crippen LogP contribution in [0.2, 0.25) is 0 Å². The third-order valence-electron chi connectivity index (χ3n) is 4.57. The lowest BCUT2D eigenvalue weighted by atomic mass is 9.81. The van der Waals surface area contributed by atoms with Gasteiger partial charge in [0.05, 0.1) is 18.1 Å². The van der Waals surface area contributed by atoms with Crippen LogP contribution < -0.4 is 0 Å². The van der Waals surface area contributed by atoms with Crippen LogP contribution in [0.3, 0.4) is 0 Å². The van der Waals surface area contributed by atoms with Crippen LogP contribution in [-0.4, -0.2) is 47.2 Å². The Hall–Kier alpha value is -1.36. The number of carbonyl (C=O) groups is 2. The van der Waals surface area contributed by atoms with Crippen LogP contribution >= 0.6 is 0 Å². The maximum Gasteiger partial charge on any atom is 0.310 e. The number of carboxylic acid groups (broad SMARTS) is 1. The van der Waals surface area contributed by atoms with E-state index in [9.17, 15) is 14.7 Å². The third-order valence-corrected chi connectivity index (χ3v) is 4.57. The van der Waals surface area contributed by atoms with Gasteiger partial charge in [0.1, 0.15) is 5.92 Å². The minimum absolute atomic E-state index is 0.0452. The van der Waals surface area contributed by atoms with Crippen molar-refractivity contribution in [2.24, 2.45) is 17.8 Å². The van der Waals surface area contributed by atoms with Crippen molar-refractivity contribution in [3.8, 4) is 0 Å². The van der Waals surface area contributed by atoms with Gasteiger partial charge in [-0.2, -0.15) is 0 Å². The highest BCUT2D eigenvalue weighted by Crippen LogP contribution is 2.40. The molecule has 0 aromatic rings. The molecule has 0 aromatic carbocycles. The lowest BCUT2D eigenvalue weighted by molar-refractivity contribution is -0.150. The Morgan fingerprint density at radius 2 is 1.74 bits per heavy atom. The summed E-state index contributed by atoms with van der Waals surface area (Å²) < 4.78 is 5.55. The molecule has 0 saturated carbocycles. The van der Waals surface area contributed by atoms with Gasteiger partial charge in [-0.3, -0.25) is 9.59 Å². The molecule has 3 heterocycles. The van der Waals surface area contributed by atoms with Crippen molar-refractivity contribution >= 4 is 11.9 Å². The molecule has 0 spiro atoms. The fourth-order valence-electron chi connectivity index (χ4n) is 3.34. The minimum atomic E-state index is -0.930. The van der Waals surface area contributed by atoms with E-state index in [-0.39, 0.29) is 12.0 Å². The topological polar surface area (TPSA) is 66.8 Å². The van der Waals surface area contributed by atoms with Crippen LogP contribution in [0.25, 0.3) is 0 Å². The van der Waals surface area contributed by atoms with E-state index >= 15 is 0 Å². The number of carboxylic acids is 1. The van der Waals surface area contributed by atoms with Gasteiger partial charge in [0, 0.05) is 13.1 Å². The van der Waals surface area contributed by atoms with E-state index in [2.05, 4.69) is 6.92 Å². The molecule has 2 bridgehead atoms. The Balaban J connectivity index is 1.75. The predicted octanol–water partition coefficient (Wildman–Crippen LogP) is 0.899. The Morgan fingerprint density at radius 1 is 1.16 bits per heavy atom. The van der Waals surface area contributed by atoms with Crippen molar-refractivity contribution < 1.29 is 19.4 Å². The Morgan fingerprint density at radius 3 is 2.32 bits per heavy atom. The number of carbonyl (C=O) groups excluding carboxylic acids is 1. The zero-order valence-electron chi connectivity index (χ0n) is 11.0. The molecular formula is C14H19NO4. The van der Waals surface area contributed by atoms with E-state index < -0.39 is 23.9 Å². The molecule has 104 valence electrons. The Labute approximate surface area is 112 Å². The van der Waals surface area contributed by atoms with Crippen LogP contribution in [0.5, 0.6) is 0 Å². The molecule has 2 fully saturated rings. The molecule has 3 aliphatic heterocycles. The number of amides is 1. The highest BCUT2D eigenvalue weighted by Gasteiger charge is 2.54. The van der Waals surface area contributed by atoms with Crippen LogP contribution in [0.1, 0.15) is 19.8 Å². The molecule has 3 rings (SSSR count). The average molecular weight is 265 g/mol. The first-order valence-electron chi connectivity index (χ1n) is 6.93. The number of piperidine rings is 1. The van der Waals surface area contributed by atoms with E-state index in [0.29, 0.717) is 5.92 Å². The summed E-state index contributed by atoms with van der Waals surface area (Å²) in [5.41, 5.74) is 0. The highest BCUT2D eigenvalue weighted by molar-refractivity contribution is 5.87. The maximum atomic E-state index is 12.6. The lowest BCUT2D eigenvalue weighted by Crippen LogP contribution is -2.47. The molecule has 19 heavy (non-hydrogen) atoms. The summed E-state index contributed by atoms with van der Waals surface area (Å²) in [4.78, 5) is 25.7. The fourth-order valence-corrected chi connectivity index (χ4v) is 3.34. The zero-order valence-corrected chi connectivity index (χ0v) is 11.0. The first kappa shape index (κ1) is 12.7. The molecule has 1 amide bonds. The quantitative estimate of drug-likeness (QED) is 0.753. The average Bonchev–Trinajstić information content (AvgIpc) is 2.98. The number of nitrogens with zero attached hydrogens (tertiary/aromatic N) is 1. The van der Waals surface area contributed by atoms with Gasteiger partial charge in [-0.15, -0.1) is 0 Å². The largest absolute Gasteiger partial charge is 0.481 e. The van der Waals surface area contributed by atoms with Gasteiger partial charge in [-0.1, -0.05) is 19.1 Å². The smallest absolute Gasteiger partial charge is 0.310 e. The van der Waals surface area contributed by atoms with Gasteiger partial charge in [0.25, 0.3) is 0 Å². The lowest BCUT2D eigenvalue weighted by Gasteiger charge is -2.34. The minimum Gasteiger partial charge on any atom is -0.481 e. The number of likely N-dealkylation sites (tertiary alicyclic amines) is 1. The normalized spacial score (nSPS) is 37.8. The summed E-state index contributed by atoms with van der Waals surface area (Å²) >= 11 is 0. The van der Waals surface area contributed by atoms with Crippen LogP contribution in [0, 0.1) is 17.8 Å². The van der Waals surface area contributed by atoms with Crippen LogP contribution in [0.15, 0.2) is 12.2 Å². The summed E-state index contributed by atoms with van der Waals surface area (Å²) in [7, 11) is 0. The highest BCUT2D eigenvalue weighted by atomic mass is 16.5. The molecule has 5 nitrogen and oxygen atoms in total. The summed E-state index contributed by atoms with van der Waals surface area (Å²) in [6, 6.07) is 0. The number of fused-ring (bicyclic) bond motifs is 2. The molecule has 1 N–H and O–H groups in total. The van der Waals surface area contributed by atoms with Gasteiger partial charge in [-0.05, 0) is 18.8 Å². The Bertz CT molecular complexity index is 425. The van der Waals surface area contributed by atoms with E-state index in [1.54, 1.807) is 6.08 Å². The van der Waals surface area contributed by atoms with E-state index in [1.165, 1.54) is 0 Å². The number of ether oxygens (including phenoxy) is 1. The Kier molecular flexibility index (Phi) is 3.09. The molecule has 0 aromatic heterocycles. The molecule has 3 aliphatic rings. The second kappa shape index (κ2) is 4.63. The van der Waals surface area contributed by atoms with Gasteiger partial charge in [0.2, 0.25) is 5.91 Å².